The predicted molar refractivity (Wildman–Crippen MR) is 57.3 cm³/mol. The van der Waals surface area contributed by atoms with Gasteiger partial charge in [0.25, 0.3) is 0 Å². The van der Waals surface area contributed by atoms with Crippen LogP contribution in [-0.4, -0.2) is 26.2 Å². The van der Waals surface area contributed by atoms with Gasteiger partial charge in [-0.25, -0.2) is 0 Å². The second-order valence-electron chi connectivity index (χ2n) is 3.43. The van der Waals surface area contributed by atoms with Gasteiger partial charge in [-0.3, -0.25) is 4.79 Å². The van der Waals surface area contributed by atoms with Crippen LogP contribution in [0.15, 0.2) is 0 Å². The van der Waals surface area contributed by atoms with Crippen LogP contribution in [0, 0.1) is 17.8 Å². The molecule has 0 aromatic heterocycles. The van der Waals surface area contributed by atoms with Crippen molar-refractivity contribution in [3.63, 3.8) is 0 Å². The maximum atomic E-state index is 11.5. The molecule has 1 heterocycles. The Kier molecular flexibility index (Phi) is 5.59. The average molecular weight is 218 g/mol. The monoisotopic (exact) mass is 217 g/mol. The second kappa shape index (κ2) is 5.90. The summed E-state index contributed by atoms with van der Waals surface area (Å²) in [5.41, 5.74) is -0.470. The Morgan fingerprint density at radius 2 is 2.43 bits per heavy atom. The molecule has 1 aliphatic rings. The van der Waals surface area contributed by atoms with E-state index in [2.05, 4.69) is 11.2 Å². The molecule has 1 atom stereocenters. The predicted octanol–water partition coefficient (Wildman–Crippen LogP) is 0.974. The minimum atomic E-state index is -0.470. The smallest absolute Gasteiger partial charge is 0.314 e. The summed E-state index contributed by atoms with van der Waals surface area (Å²) >= 11 is 0. The standard InChI is InChI=1S/C10H15NO2.ClH/c1-3-5-10(9(12)13-2)6-4-7-11-8-10;/h1,11H,4-8H2,2H3;1H. The van der Waals surface area contributed by atoms with E-state index in [9.17, 15) is 4.79 Å². The van der Waals surface area contributed by atoms with E-state index in [1.54, 1.807) is 0 Å². The Balaban J connectivity index is 0.00000169. The van der Waals surface area contributed by atoms with Gasteiger partial charge >= 0.3 is 5.97 Å². The topological polar surface area (TPSA) is 38.3 Å². The molecule has 0 bridgehead atoms. The van der Waals surface area contributed by atoms with Crippen LogP contribution < -0.4 is 5.32 Å². The molecule has 0 aromatic rings. The molecule has 3 nitrogen and oxygen atoms in total. The zero-order valence-electron chi connectivity index (χ0n) is 8.34. The lowest BCUT2D eigenvalue weighted by molar-refractivity contribution is -0.153. The molecule has 1 fully saturated rings. The maximum Gasteiger partial charge on any atom is 0.314 e. The summed E-state index contributed by atoms with van der Waals surface area (Å²) < 4.78 is 4.77. The van der Waals surface area contributed by atoms with Crippen molar-refractivity contribution in [1.29, 1.82) is 0 Å². The van der Waals surface area contributed by atoms with Gasteiger partial charge in [0.1, 0.15) is 0 Å². The van der Waals surface area contributed by atoms with E-state index >= 15 is 0 Å². The third-order valence-electron chi connectivity index (χ3n) is 2.53. The molecule has 0 amide bonds. The Labute approximate surface area is 91.0 Å². The summed E-state index contributed by atoms with van der Waals surface area (Å²) in [4.78, 5) is 11.5. The van der Waals surface area contributed by atoms with Crippen molar-refractivity contribution in [3.05, 3.63) is 0 Å². The molecule has 1 saturated heterocycles. The Bertz CT molecular complexity index is 229. The van der Waals surface area contributed by atoms with E-state index in [1.807, 2.05) is 0 Å². The normalized spacial score (nSPS) is 25.7. The van der Waals surface area contributed by atoms with E-state index in [1.165, 1.54) is 7.11 Å². The summed E-state index contributed by atoms with van der Waals surface area (Å²) in [5, 5.41) is 3.18. The molecule has 1 N–H and O–H groups in total. The first kappa shape index (κ1) is 13.3. The summed E-state index contributed by atoms with van der Waals surface area (Å²) in [6.07, 6.45) is 7.53. The van der Waals surface area contributed by atoms with E-state index in [-0.39, 0.29) is 18.4 Å². The molecule has 14 heavy (non-hydrogen) atoms. The van der Waals surface area contributed by atoms with Gasteiger partial charge in [-0.2, -0.15) is 0 Å². The Morgan fingerprint density at radius 1 is 1.71 bits per heavy atom. The van der Waals surface area contributed by atoms with Crippen molar-refractivity contribution in [2.24, 2.45) is 5.41 Å². The quantitative estimate of drug-likeness (QED) is 0.554. The van der Waals surface area contributed by atoms with Gasteiger partial charge in [0.05, 0.1) is 12.5 Å². The van der Waals surface area contributed by atoms with E-state index in [0.717, 1.165) is 19.4 Å². The summed E-state index contributed by atoms with van der Waals surface area (Å²) in [6, 6.07) is 0. The van der Waals surface area contributed by atoms with Gasteiger partial charge in [-0.05, 0) is 19.4 Å². The summed E-state index contributed by atoms with van der Waals surface area (Å²) in [7, 11) is 1.41. The van der Waals surface area contributed by atoms with E-state index in [0.29, 0.717) is 13.0 Å². The van der Waals surface area contributed by atoms with Crippen molar-refractivity contribution in [3.8, 4) is 12.3 Å². The lowest BCUT2D eigenvalue weighted by atomic mass is 9.78. The van der Waals surface area contributed by atoms with Crippen LogP contribution >= 0.6 is 12.4 Å². The number of hydrogen-bond donors (Lipinski definition) is 1. The molecule has 0 aliphatic carbocycles. The Morgan fingerprint density at radius 3 is 2.86 bits per heavy atom. The molecule has 0 radical (unpaired) electrons. The number of esters is 1. The highest BCUT2D eigenvalue weighted by molar-refractivity contribution is 5.85. The van der Waals surface area contributed by atoms with Crippen molar-refractivity contribution in [2.75, 3.05) is 20.2 Å². The molecule has 1 aliphatic heterocycles. The number of halogens is 1. The zero-order valence-corrected chi connectivity index (χ0v) is 9.15. The van der Waals surface area contributed by atoms with E-state index in [4.69, 9.17) is 11.2 Å². The number of carbonyl (C=O) groups is 1. The van der Waals surface area contributed by atoms with Gasteiger partial charge in [0.2, 0.25) is 0 Å². The van der Waals surface area contributed by atoms with Crippen molar-refractivity contribution in [1.82, 2.24) is 5.32 Å². The lowest BCUT2D eigenvalue weighted by Gasteiger charge is -2.33. The van der Waals surface area contributed by atoms with Crippen molar-refractivity contribution in [2.45, 2.75) is 19.3 Å². The van der Waals surface area contributed by atoms with Crippen LogP contribution in [-0.2, 0) is 9.53 Å². The van der Waals surface area contributed by atoms with Gasteiger partial charge in [0, 0.05) is 13.0 Å². The number of carbonyl (C=O) groups excluding carboxylic acids is 1. The third kappa shape index (κ3) is 2.63. The number of rotatable bonds is 2. The first-order chi connectivity index (χ1) is 6.25. The van der Waals surface area contributed by atoms with Gasteiger partial charge in [0.15, 0.2) is 0 Å². The number of methoxy groups -OCH3 is 1. The van der Waals surface area contributed by atoms with Gasteiger partial charge in [-0.15, -0.1) is 24.8 Å². The fourth-order valence-corrected chi connectivity index (χ4v) is 1.78. The molecular weight excluding hydrogens is 202 g/mol. The molecular formula is C10H16ClNO2. The first-order valence-electron chi connectivity index (χ1n) is 4.48. The highest BCUT2D eigenvalue weighted by Crippen LogP contribution is 2.31. The molecule has 4 heteroatoms. The number of nitrogens with one attached hydrogen (secondary N) is 1. The molecule has 0 aromatic carbocycles. The van der Waals surface area contributed by atoms with Crippen molar-refractivity contribution < 1.29 is 9.53 Å². The van der Waals surface area contributed by atoms with Crippen LogP contribution in [0.25, 0.3) is 0 Å². The van der Waals surface area contributed by atoms with Crippen LogP contribution in [0.2, 0.25) is 0 Å². The number of hydrogen-bond acceptors (Lipinski definition) is 3. The number of ether oxygens (including phenoxy) is 1. The second-order valence-corrected chi connectivity index (χ2v) is 3.43. The van der Waals surface area contributed by atoms with Gasteiger partial charge < -0.3 is 10.1 Å². The van der Waals surface area contributed by atoms with Crippen LogP contribution in [0.3, 0.4) is 0 Å². The highest BCUT2D eigenvalue weighted by Gasteiger charge is 2.39. The molecule has 1 unspecified atom stereocenters. The fourth-order valence-electron chi connectivity index (χ4n) is 1.78. The summed E-state index contributed by atoms with van der Waals surface area (Å²) in [5.74, 6) is 2.37. The molecule has 80 valence electrons. The highest BCUT2D eigenvalue weighted by atomic mass is 35.5. The minimum absolute atomic E-state index is 0. The number of terminal acetylenes is 1. The molecule has 0 saturated carbocycles. The molecule has 0 spiro atoms. The SMILES string of the molecule is C#CCC1(C(=O)OC)CCCNC1.Cl. The minimum Gasteiger partial charge on any atom is -0.469 e. The zero-order chi connectivity index (χ0) is 9.73. The van der Waals surface area contributed by atoms with Gasteiger partial charge in [-0.1, -0.05) is 0 Å². The fraction of sp³-hybridized carbons (Fsp3) is 0.700. The third-order valence-corrected chi connectivity index (χ3v) is 2.53. The maximum absolute atomic E-state index is 11.5. The largest absolute Gasteiger partial charge is 0.469 e. The lowest BCUT2D eigenvalue weighted by Crippen LogP contribution is -2.45. The first-order valence-corrected chi connectivity index (χ1v) is 4.48. The van der Waals surface area contributed by atoms with Crippen LogP contribution in [0.1, 0.15) is 19.3 Å². The van der Waals surface area contributed by atoms with Crippen LogP contribution in [0.5, 0.6) is 0 Å². The Hall–Kier alpha value is -0.720. The van der Waals surface area contributed by atoms with E-state index < -0.39 is 5.41 Å². The molecule has 1 rings (SSSR count). The average Bonchev–Trinajstić information content (AvgIpc) is 2.18. The van der Waals surface area contributed by atoms with Crippen molar-refractivity contribution >= 4 is 18.4 Å². The van der Waals surface area contributed by atoms with Crippen LogP contribution in [0.4, 0.5) is 0 Å². The number of piperidine rings is 1. The summed E-state index contributed by atoms with van der Waals surface area (Å²) in [6.45, 7) is 1.60.